The van der Waals surface area contributed by atoms with E-state index in [1.165, 1.54) is 38.9 Å². The van der Waals surface area contributed by atoms with Gasteiger partial charge in [-0.05, 0) is 151 Å². The summed E-state index contributed by atoms with van der Waals surface area (Å²) in [6.07, 6.45) is 7.91. The van der Waals surface area contributed by atoms with Crippen LogP contribution in [0.5, 0.6) is 0 Å². The van der Waals surface area contributed by atoms with E-state index >= 15 is 0 Å². The van der Waals surface area contributed by atoms with Crippen molar-refractivity contribution in [1.29, 1.82) is 0 Å². The van der Waals surface area contributed by atoms with Crippen LogP contribution in [-0.4, -0.2) is 125 Å². The summed E-state index contributed by atoms with van der Waals surface area (Å²) in [5.41, 5.74) is 22.9. The molecular formula is C23H56N8. The van der Waals surface area contributed by atoms with Crippen LogP contribution in [0, 0.1) is 0 Å². The quantitative estimate of drug-likeness (QED) is 0.165. The number of rotatable bonds is 24. The van der Waals surface area contributed by atoms with Crippen LogP contribution in [0.1, 0.15) is 44.9 Å². The Morgan fingerprint density at radius 2 is 0.581 bits per heavy atom. The largest absolute Gasteiger partial charge is 0.330 e. The highest BCUT2D eigenvalue weighted by Crippen LogP contribution is 2.03. The van der Waals surface area contributed by atoms with Crippen LogP contribution in [0.25, 0.3) is 0 Å². The van der Waals surface area contributed by atoms with E-state index < -0.39 is 0 Å². The Balaban J connectivity index is 4.49. The topological polar surface area (TPSA) is 117 Å². The molecule has 0 rings (SSSR count). The van der Waals surface area contributed by atoms with Crippen LogP contribution in [0.2, 0.25) is 0 Å². The fourth-order valence-electron chi connectivity index (χ4n) is 3.91. The predicted molar refractivity (Wildman–Crippen MR) is 136 cm³/mol. The third-order valence-electron chi connectivity index (χ3n) is 5.69. The Kier molecular flexibility index (Phi) is 22.6. The highest BCUT2D eigenvalue weighted by molar-refractivity contribution is 4.66. The van der Waals surface area contributed by atoms with Gasteiger partial charge in [-0.15, -0.1) is 0 Å². The van der Waals surface area contributed by atoms with E-state index in [0.29, 0.717) is 0 Å². The Morgan fingerprint density at radius 1 is 0.355 bits per heavy atom. The minimum Gasteiger partial charge on any atom is -0.330 e. The summed E-state index contributed by atoms with van der Waals surface area (Å²) in [6, 6.07) is 0. The molecular weight excluding hydrogens is 388 g/mol. The standard InChI is InChI=1S/C23H56N8/c1-28(2)14-7-19-31(22-8-20-29(15-3-10-24)16-4-11-25)23-9-21-30(17-5-12-26)18-6-13-27/h3-27H2,1-2H3. The first-order valence-electron chi connectivity index (χ1n) is 12.7. The van der Waals surface area contributed by atoms with Gasteiger partial charge in [0.15, 0.2) is 0 Å². The van der Waals surface area contributed by atoms with Crippen molar-refractivity contribution < 1.29 is 0 Å². The highest BCUT2D eigenvalue weighted by Gasteiger charge is 2.10. The van der Waals surface area contributed by atoms with Crippen LogP contribution in [0.4, 0.5) is 0 Å². The lowest BCUT2D eigenvalue weighted by atomic mass is 10.2. The zero-order valence-electron chi connectivity index (χ0n) is 20.9. The number of hydrogen-bond donors (Lipinski definition) is 4. The minimum atomic E-state index is 0.764. The molecule has 0 aliphatic rings. The second-order valence-electron chi connectivity index (χ2n) is 8.96. The van der Waals surface area contributed by atoms with Crippen molar-refractivity contribution >= 4 is 0 Å². The fourth-order valence-corrected chi connectivity index (χ4v) is 3.91. The van der Waals surface area contributed by atoms with Crippen molar-refractivity contribution in [2.45, 2.75) is 44.9 Å². The van der Waals surface area contributed by atoms with Crippen molar-refractivity contribution in [3.05, 3.63) is 0 Å². The molecule has 0 aliphatic carbocycles. The van der Waals surface area contributed by atoms with Crippen molar-refractivity contribution in [3.8, 4) is 0 Å². The summed E-state index contributed by atoms with van der Waals surface area (Å²) in [7, 11) is 4.31. The van der Waals surface area contributed by atoms with Crippen molar-refractivity contribution in [1.82, 2.24) is 19.6 Å². The smallest absolute Gasteiger partial charge is 0.000653 e. The first-order chi connectivity index (χ1) is 15.1. The number of nitrogens with zero attached hydrogens (tertiary/aromatic N) is 4. The monoisotopic (exact) mass is 444 g/mol. The van der Waals surface area contributed by atoms with E-state index in [9.17, 15) is 0 Å². The van der Waals surface area contributed by atoms with E-state index in [4.69, 9.17) is 22.9 Å². The van der Waals surface area contributed by atoms with Gasteiger partial charge in [0.1, 0.15) is 0 Å². The maximum Gasteiger partial charge on any atom is -0.000653 e. The van der Waals surface area contributed by atoms with E-state index in [1.54, 1.807) is 0 Å². The molecule has 0 aromatic rings. The summed E-state index contributed by atoms with van der Waals surface area (Å²) < 4.78 is 0. The maximum atomic E-state index is 5.72. The molecule has 0 unspecified atom stereocenters. The molecule has 0 aromatic carbocycles. The van der Waals surface area contributed by atoms with Gasteiger partial charge in [-0.2, -0.15) is 0 Å². The molecule has 0 fully saturated rings. The molecule has 0 amide bonds. The summed E-state index contributed by atoms with van der Waals surface area (Å²) in [5, 5.41) is 0. The Morgan fingerprint density at radius 3 is 0.806 bits per heavy atom. The van der Waals surface area contributed by atoms with Crippen LogP contribution in [0.15, 0.2) is 0 Å². The number of nitrogens with two attached hydrogens (primary N) is 4. The third kappa shape index (κ3) is 20.0. The van der Waals surface area contributed by atoms with E-state index in [2.05, 4.69) is 33.7 Å². The lowest BCUT2D eigenvalue weighted by molar-refractivity contribution is 0.200. The Labute approximate surface area is 193 Å². The fraction of sp³-hybridized carbons (Fsp3) is 1.00. The van der Waals surface area contributed by atoms with Crippen molar-refractivity contribution in [2.75, 3.05) is 106 Å². The normalized spacial score (nSPS) is 12.2. The summed E-state index contributed by atoms with van der Waals surface area (Å²) in [4.78, 5) is 10.0. The lowest BCUT2D eigenvalue weighted by Crippen LogP contribution is -2.36. The second kappa shape index (κ2) is 22.9. The Bertz CT molecular complexity index is 314. The first kappa shape index (κ1) is 30.7. The van der Waals surface area contributed by atoms with Gasteiger partial charge < -0.3 is 42.5 Å². The first-order valence-corrected chi connectivity index (χ1v) is 12.7. The number of hydrogen-bond acceptors (Lipinski definition) is 8. The van der Waals surface area contributed by atoms with E-state index in [0.717, 1.165) is 97.7 Å². The average molecular weight is 445 g/mol. The van der Waals surface area contributed by atoms with Gasteiger partial charge in [0.2, 0.25) is 0 Å². The zero-order valence-corrected chi connectivity index (χ0v) is 20.9. The molecule has 0 heterocycles. The van der Waals surface area contributed by atoms with Crippen molar-refractivity contribution in [3.63, 3.8) is 0 Å². The van der Waals surface area contributed by atoms with Crippen molar-refractivity contribution in [2.24, 2.45) is 22.9 Å². The molecule has 8 nitrogen and oxygen atoms in total. The van der Waals surface area contributed by atoms with Gasteiger partial charge in [0, 0.05) is 0 Å². The van der Waals surface area contributed by atoms with Gasteiger partial charge in [-0.3, -0.25) is 0 Å². The Hall–Kier alpha value is -0.320. The second-order valence-corrected chi connectivity index (χ2v) is 8.96. The summed E-state index contributed by atoms with van der Waals surface area (Å²) in [6.45, 7) is 14.4. The molecule has 188 valence electrons. The van der Waals surface area contributed by atoms with Crippen LogP contribution < -0.4 is 22.9 Å². The minimum absolute atomic E-state index is 0.764. The van der Waals surface area contributed by atoms with Crippen LogP contribution in [0.3, 0.4) is 0 Å². The molecule has 0 saturated carbocycles. The van der Waals surface area contributed by atoms with Gasteiger partial charge in [0.05, 0.1) is 0 Å². The highest BCUT2D eigenvalue weighted by atomic mass is 15.2. The van der Waals surface area contributed by atoms with Gasteiger partial charge in [0.25, 0.3) is 0 Å². The summed E-state index contributed by atoms with van der Waals surface area (Å²) in [5.74, 6) is 0. The lowest BCUT2D eigenvalue weighted by Gasteiger charge is -2.28. The SMILES string of the molecule is CN(C)CCCN(CCCN(CCCN)CCCN)CCCN(CCCN)CCCN. The van der Waals surface area contributed by atoms with E-state index in [1.807, 2.05) is 0 Å². The maximum absolute atomic E-state index is 5.72. The summed E-state index contributed by atoms with van der Waals surface area (Å²) >= 11 is 0. The molecule has 0 radical (unpaired) electrons. The molecule has 31 heavy (non-hydrogen) atoms. The molecule has 0 aromatic heterocycles. The van der Waals surface area contributed by atoms with E-state index in [-0.39, 0.29) is 0 Å². The molecule has 8 N–H and O–H groups in total. The van der Waals surface area contributed by atoms with Gasteiger partial charge in [-0.1, -0.05) is 0 Å². The third-order valence-corrected chi connectivity index (χ3v) is 5.69. The zero-order chi connectivity index (χ0) is 23.2. The van der Waals surface area contributed by atoms with Gasteiger partial charge >= 0.3 is 0 Å². The molecule has 0 bridgehead atoms. The molecule has 0 saturated heterocycles. The molecule has 8 heteroatoms. The van der Waals surface area contributed by atoms with Crippen LogP contribution in [-0.2, 0) is 0 Å². The predicted octanol–water partition coefficient (Wildman–Crippen LogP) is 0.0195. The molecule has 0 aliphatic heterocycles. The van der Waals surface area contributed by atoms with Gasteiger partial charge in [-0.25, -0.2) is 0 Å². The average Bonchev–Trinajstić information content (AvgIpc) is 2.75. The van der Waals surface area contributed by atoms with Crippen LogP contribution >= 0.6 is 0 Å². The molecule has 0 atom stereocenters. The molecule has 0 spiro atoms.